The molecule has 1 aromatic heterocycles. The summed E-state index contributed by atoms with van der Waals surface area (Å²) in [6.45, 7) is 4.00. The number of hydrogen-bond donors (Lipinski definition) is 2. The predicted octanol–water partition coefficient (Wildman–Crippen LogP) is 3.31. The van der Waals surface area contributed by atoms with Crippen LogP contribution in [0.25, 0.3) is 11.3 Å². The van der Waals surface area contributed by atoms with Crippen molar-refractivity contribution < 1.29 is 0 Å². The molecule has 1 heterocycles. The number of nitrogens with zero attached hydrogens (tertiary/aromatic N) is 1. The van der Waals surface area contributed by atoms with Gasteiger partial charge in [0, 0.05) is 10.6 Å². The second kappa shape index (κ2) is 4.51. The first kappa shape index (κ1) is 12.1. The monoisotopic (exact) mass is 249 g/mol. The number of hydrogen-bond acceptors (Lipinski definition) is 2. The Kier molecular flexibility index (Phi) is 3.22. The maximum absolute atomic E-state index is 6.14. The number of H-pyrrole nitrogens is 1. The van der Waals surface area contributed by atoms with Gasteiger partial charge in [0.25, 0.3) is 0 Å². The number of halogens is 1. The number of aromatic nitrogens is 2. The summed E-state index contributed by atoms with van der Waals surface area (Å²) < 4.78 is 0. The van der Waals surface area contributed by atoms with Crippen molar-refractivity contribution in [1.82, 2.24) is 9.97 Å². The lowest BCUT2D eigenvalue weighted by Gasteiger charge is -2.19. The first-order valence-electron chi connectivity index (χ1n) is 5.64. The van der Waals surface area contributed by atoms with Crippen LogP contribution in [0.2, 0.25) is 5.02 Å². The molecule has 2 aromatic rings. The van der Waals surface area contributed by atoms with E-state index in [1.807, 2.05) is 38.1 Å². The molecule has 4 heteroatoms. The van der Waals surface area contributed by atoms with Gasteiger partial charge in [-0.25, -0.2) is 4.98 Å². The molecule has 3 nitrogen and oxygen atoms in total. The summed E-state index contributed by atoms with van der Waals surface area (Å²) in [6, 6.07) is 7.67. The lowest BCUT2D eigenvalue weighted by molar-refractivity contribution is 0.450. The maximum atomic E-state index is 6.14. The summed E-state index contributed by atoms with van der Waals surface area (Å²) in [5.41, 5.74) is 7.55. The molecule has 0 aliphatic rings. The Morgan fingerprint density at radius 2 is 2.12 bits per heavy atom. The molecule has 0 aliphatic heterocycles. The van der Waals surface area contributed by atoms with Crippen LogP contribution in [-0.2, 0) is 5.54 Å². The molecule has 0 amide bonds. The fourth-order valence-corrected chi connectivity index (χ4v) is 1.83. The van der Waals surface area contributed by atoms with E-state index in [4.69, 9.17) is 17.3 Å². The van der Waals surface area contributed by atoms with E-state index in [2.05, 4.69) is 9.97 Å². The van der Waals surface area contributed by atoms with Gasteiger partial charge < -0.3 is 10.7 Å². The molecule has 0 aliphatic carbocycles. The van der Waals surface area contributed by atoms with E-state index in [-0.39, 0.29) is 0 Å². The van der Waals surface area contributed by atoms with Gasteiger partial charge in [-0.05, 0) is 19.4 Å². The SMILES string of the molecule is CCC(C)(N)c1ncc(-c2ccccc2Cl)[nH]1. The summed E-state index contributed by atoms with van der Waals surface area (Å²) in [5, 5.41) is 0.706. The number of benzene rings is 1. The second-order valence-corrected chi connectivity index (χ2v) is 4.80. The molecule has 0 radical (unpaired) electrons. The molecule has 3 N–H and O–H groups in total. The first-order chi connectivity index (χ1) is 8.04. The van der Waals surface area contributed by atoms with Gasteiger partial charge in [0.15, 0.2) is 0 Å². The Bertz CT molecular complexity index is 517. The zero-order chi connectivity index (χ0) is 12.5. The molecular weight excluding hydrogens is 234 g/mol. The molecule has 0 fully saturated rings. The third-order valence-corrected chi connectivity index (χ3v) is 3.34. The number of nitrogens with two attached hydrogens (primary N) is 1. The van der Waals surface area contributed by atoms with E-state index >= 15 is 0 Å². The van der Waals surface area contributed by atoms with Gasteiger partial charge >= 0.3 is 0 Å². The minimum Gasteiger partial charge on any atom is -0.340 e. The largest absolute Gasteiger partial charge is 0.340 e. The van der Waals surface area contributed by atoms with Crippen LogP contribution in [0.15, 0.2) is 30.5 Å². The van der Waals surface area contributed by atoms with Gasteiger partial charge in [0.2, 0.25) is 0 Å². The van der Waals surface area contributed by atoms with E-state index < -0.39 is 5.54 Å². The van der Waals surface area contributed by atoms with Crippen molar-refractivity contribution >= 4 is 11.6 Å². The van der Waals surface area contributed by atoms with Crippen LogP contribution in [0.4, 0.5) is 0 Å². The molecule has 1 unspecified atom stereocenters. The Labute approximate surface area is 106 Å². The fraction of sp³-hybridized carbons (Fsp3) is 0.308. The Morgan fingerprint density at radius 1 is 1.41 bits per heavy atom. The predicted molar refractivity (Wildman–Crippen MR) is 70.9 cm³/mol. The zero-order valence-electron chi connectivity index (χ0n) is 10.00. The molecule has 90 valence electrons. The van der Waals surface area contributed by atoms with Crippen molar-refractivity contribution in [3.8, 4) is 11.3 Å². The summed E-state index contributed by atoms with van der Waals surface area (Å²) >= 11 is 6.14. The van der Waals surface area contributed by atoms with Gasteiger partial charge in [-0.3, -0.25) is 0 Å². The second-order valence-electron chi connectivity index (χ2n) is 4.40. The van der Waals surface area contributed by atoms with E-state index in [1.165, 1.54) is 0 Å². The number of nitrogens with one attached hydrogen (secondary N) is 1. The molecule has 0 bridgehead atoms. The van der Waals surface area contributed by atoms with Gasteiger partial charge in [-0.1, -0.05) is 36.7 Å². The quantitative estimate of drug-likeness (QED) is 0.877. The average Bonchev–Trinajstić information content (AvgIpc) is 2.79. The van der Waals surface area contributed by atoms with Crippen LogP contribution < -0.4 is 5.73 Å². The van der Waals surface area contributed by atoms with Crippen LogP contribution in [0.5, 0.6) is 0 Å². The van der Waals surface area contributed by atoms with E-state index in [1.54, 1.807) is 6.20 Å². The highest BCUT2D eigenvalue weighted by atomic mass is 35.5. The van der Waals surface area contributed by atoms with Crippen LogP contribution in [0.1, 0.15) is 26.1 Å². The third-order valence-electron chi connectivity index (χ3n) is 3.02. The summed E-state index contributed by atoms with van der Waals surface area (Å²) in [5.74, 6) is 0.787. The van der Waals surface area contributed by atoms with Crippen molar-refractivity contribution in [2.45, 2.75) is 25.8 Å². The van der Waals surface area contributed by atoms with Gasteiger partial charge in [0.05, 0.1) is 17.4 Å². The minimum atomic E-state index is -0.431. The van der Waals surface area contributed by atoms with Gasteiger partial charge in [-0.2, -0.15) is 0 Å². The first-order valence-corrected chi connectivity index (χ1v) is 6.01. The van der Waals surface area contributed by atoms with E-state index in [9.17, 15) is 0 Å². The minimum absolute atomic E-state index is 0.431. The number of imidazole rings is 1. The van der Waals surface area contributed by atoms with E-state index in [0.717, 1.165) is 23.5 Å². The smallest absolute Gasteiger partial charge is 0.126 e. The fourth-order valence-electron chi connectivity index (χ4n) is 1.60. The standard InChI is InChI=1S/C13H16ClN3/c1-3-13(2,15)12-16-8-11(17-12)9-6-4-5-7-10(9)14/h4-8H,3,15H2,1-2H3,(H,16,17). The molecule has 0 saturated heterocycles. The third kappa shape index (κ3) is 2.35. The Hall–Kier alpha value is -1.32. The van der Waals surface area contributed by atoms with Crippen molar-refractivity contribution in [3.05, 3.63) is 41.3 Å². The van der Waals surface area contributed by atoms with Crippen molar-refractivity contribution in [2.75, 3.05) is 0 Å². The maximum Gasteiger partial charge on any atom is 0.126 e. The van der Waals surface area contributed by atoms with Crippen LogP contribution in [-0.4, -0.2) is 9.97 Å². The lowest BCUT2D eigenvalue weighted by atomic mass is 10.00. The summed E-state index contributed by atoms with van der Waals surface area (Å²) in [4.78, 5) is 7.58. The van der Waals surface area contributed by atoms with E-state index in [0.29, 0.717) is 5.02 Å². The number of aromatic amines is 1. The Morgan fingerprint density at radius 3 is 2.76 bits per heavy atom. The summed E-state index contributed by atoms with van der Waals surface area (Å²) in [6.07, 6.45) is 2.60. The Balaban J connectivity index is 2.40. The van der Waals surface area contributed by atoms with Crippen molar-refractivity contribution in [1.29, 1.82) is 0 Å². The van der Waals surface area contributed by atoms with Crippen LogP contribution in [0, 0.1) is 0 Å². The highest BCUT2D eigenvalue weighted by Gasteiger charge is 2.22. The molecular formula is C13H16ClN3. The van der Waals surface area contributed by atoms with Gasteiger partial charge in [0.1, 0.15) is 5.82 Å². The molecule has 2 rings (SSSR count). The van der Waals surface area contributed by atoms with Crippen molar-refractivity contribution in [2.24, 2.45) is 5.73 Å². The molecule has 17 heavy (non-hydrogen) atoms. The van der Waals surface area contributed by atoms with Crippen molar-refractivity contribution in [3.63, 3.8) is 0 Å². The number of rotatable bonds is 3. The average molecular weight is 250 g/mol. The highest BCUT2D eigenvalue weighted by molar-refractivity contribution is 6.33. The van der Waals surface area contributed by atoms with Crippen LogP contribution in [0.3, 0.4) is 0 Å². The zero-order valence-corrected chi connectivity index (χ0v) is 10.8. The molecule has 0 saturated carbocycles. The summed E-state index contributed by atoms with van der Waals surface area (Å²) in [7, 11) is 0. The molecule has 1 aromatic carbocycles. The highest BCUT2D eigenvalue weighted by Crippen LogP contribution is 2.28. The van der Waals surface area contributed by atoms with Gasteiger partial charge in [-0.15, -0.1) is 0 Å². The topological polar surface area (TPSA) is 54.7 Å². The normalized spacial score (nSPS) is 14.6. The lowest BCUT2D eigenvalue weighted by Crippen LogP contribution is -2.33. The van der Waals surface area contributed by atoms with Crippen LogP contribution >= 0.6 is 11.6 Å². The molecule has 0 spiro atoms. The molecule has 1 atom stereocenters.